The number of piperidine rings is 1. The third kappa shape index (κ3) is 2.30. The summed E-state index contributed by atoms with van der Waals surface area (Å²) in [7, 11) is 0. The van der Waals surface area contributed by atoms with Crippen LogP contribution in [0.5, 0.6) is 0 Å². The van der Waals surface area contributed by atoms with E-state index in [1.807, 2.05) is 0 Å². The molecule has 0 amide bonds. The summed E-state index contributed by atoms with van der Waals surface area (Å²) >= 11 is 2.80. The Bertz CT molecular complexity index is 832. The number of hydrogen-bond donors (Lipinski definition) is 0. The normalized spacial score (nSPS) is 52.8. The van der Waals surface area contributed by atoms with Crippen LogP contribution in [0.3, 0.4) is 0 Å². The minimum absolute atomic E-state index is 0.231. The van der Waals surface area contributed by atoms with E-state index < -0.39 is 72.8 Å². The van der Waals surface area contributed by atoms with Crippen LogP contribution < -0.4 is 4.90 Å². The minimum Gasteiger partial charge on any atom is -0.371 e. The van der Waals surface area contributed by atoms with Crippen molar-refractivity contribution in [1.82, 2.24) is 0 Å². The van der Waals surface area contributed by atoms with Crippen LogP contribution in [0.15, 0.2) is 28.6 Å². The smallest absolute Gasteiger partial charge is 0.0657 e. The number of benzene rings is 1. The van der Waals surface area contributed by atoms with Crippen LogP contribution in [-0.4, -0.2) is 13.0 Å². The third-order valence-electron chi connectivity index (χ3n) is 1.39. The fourth-order valence-corrected chi connectivity index (χ4v) is 1.11. The van der Waals surface area contributed by atoms with Gasteiger partial charge in [0.1, 0.15) is 0 Å². The molecule has 2 heteroatoms. The summed E-state index contributed by atoms with van der Waals surface area (Å²) in [6.07, 6.45) is -7.79. The monoisotopic (exact) mass is 269 g/mol. The molecule has 1 saturated heterocycles. The molecule has 14 heavy (non-hydrogen) atoms. The van der Waals surface area contributed by atoms with Gasteiger partial charge in [0, 0.05) is 39.6 Å². The van der Waals surface area contributed by atoms with E-state index in [0.29, 0.717) is 0 Å². The molecular weight excluding hydrogens is 238 g/mol. The molecule has 1 nitrogen and oxygen atoms in total. The van der Waals surface area contributed by atoms with Crippen LogP contribution in [0.1, 0.15) is 41.5 Å². The third-order valence-corrected chi connectivity index (χ3v) is 1.79. The van der Waals surface area contributed by atoms with E-state index in [1.165, 1.54) is 0 Å². The van der Waals surface area contributed by atoms with Gasteiger partial charge >= 0.3 is 0 Å². The molecule has 0 saturated carbocycles. The molecule has 1 aliphatic rings. The molecule has 1 fully saturated rings. The summed E-state index contributed by atoms with van der Waals surface area (Å²) in [6, 6.07) is -3.49. The Morgan fingerprint density at radius 3 is 3.14 bits per heavy atom. The molecule has 0 N–H and O–H groups in total. The zero-order valence-electron chi connectivity index (χ0n) is 22.8. The highest BCUT2D eigenvalue weighted by atomic mass is 79.9. The molecule has 1 aromatic rings. The quantitative estimate of drug-likeness (QED) is 0.752. The van der Waals surface area contributed by atoms with Crippen molar-refractivity contribution < 1.29 is 21.9 Å². The Morgan fingerprint density at radius 2 is 2.43 bits per heavy atom. The van der Waals surface area contributed by atoms with Crippen molar-refractivity contribution >= 4 is 21.6 Å². The van der Waals surface area contributed by atoms with Gasteiger partial charge in [-0.3, -0.25) is 0 Å². The summed E-state index contributed by atoms with van der Waals surface area (Å²) in [5.41, 5.74) is -1.06. The van der Waals surface area contributed by atoms with Crippen LogP contribution in [0, 0.1) is 5.89 Å². The summed E-state index contributed by atoms with van der Waals surface area (Å²) < 4.78 is 127. The number of hydrogen-bond acceptors (Lipinski definition) is 1. The molecule has 0 unspecified atom stereocenters. The highest BCUT2D eigenvalue weighted by Gasteiger charge is 2.15. The van der Waals surface area contributed by atoms with E-state index in [4.69, 9.17) is 21.9 Å². The van der Waals surface area contributed by atoms with E-state index in [1.54, 1.807) is 0 Å². The van der Waals surface area contributed by atoms with Gasteiger partial charge in [-0.05, 0) is 36.8 Å². The van der Waals surface area contributed by atoms with Gasteiger partial charge in [0.2, 0.25) is 0 Å². The number of rotatable bonds is 1. The van der Waals surface area contributed by atoms with E-state index in [-0.39, 0.29) is 4.90 Å². The second-order valence-electron chi connectivity index (χ2n) is 2.35. The van der Waals surface area contributed by atoms with Crippen molar-refractivity contribution in [1.29, 1.82) is 0 Å². The zero-order valence-corrected chi connectivity index (χ0v) is 8.41. The Labute approximate surface area is 117 Å². The molecule has 2 rings (SSSR count). The minimum atomic E-state index is -3.93. The summed E-state index contributed by atoms with van der Waals surface area (Å²) in [5, 5.41) is 0. The number of halogens is 1. The standard InChI is InChI=1S/C12H16BrN/c1-10-5-7-14(8-6-10)12-4-2-3-11(13)9-12/h2-4,9-10H,5-8H2,1H3/i1D3,2D,3D,4D,5D2,6D2,7D2,8D2,9D,10D. The SMILES string of the molecule is [2H]c1c([2H])c(Br)c([2H])c(N2C([2H])([2H])C([2H])([2H])C([2H])(C([2H])([2H])[2H])C([2H])([2H])C2([2H])[2H])c1[2H]. The molecule has 0 atom stereocenters. The fourth-order valence-electron chi connectivity index (χ4n) is 0.818. The maximum atomic E-state index is 8.23. The van der Waals surface area contributed by atoms with Crippen LogP contribution in [-0.2, 0) is 0 Å². The van der Waals surface area contributed by atoms with Crippen molar-refractivity contribution in [2.75, 3.05) is 17.9 Å². The van der Waals surface area contributed by atoms with Crippen molar-refractivity contribution in [2.24, 2.45) is 5.89 Å². The van der Waals surface area contributed by atoms with Crippen molar-refractivity contribution in [3.05, 3.63) is 28.6 Å². The first kappa shape index (κ1) is 2.27. The van der Waals surface area contributed by atoms with E-state index in [0.717, 1.165) is 0 Å². The van der Waals surface area contributed by atoms with E-state index >= 15 is 0 Å². The topological polar surface area (TPSA) is 3.24 Å². The molecule has 0 aliphatic carbocycles. The summed E-state index contributed by atoms with van der Waals surface area (Å²) in [6.45, 7) is -11.3. The largest absolute Gasteiger partial charge is 0.371 e. The Balaban J connectivity index is 3.07. The maximum absolute atomic E-state index is 8.23. The molecule has 1 heterocycles. The zero-order chi connectivity index (χ0) is 24.0. The van der Waals surface area contributed by atoms with Gasteiger partial charge in [0.15, 0.2) is 0 Å². The second kappa shape index (κ2) is 4.35. The van der Waals surface area contributed by atoms with Gasteiger partial charge in [-0.25, -0.2) is 0 Å². The van der Waals surface area contributed by atoms with Gasteiger partial charge in [0.25, 0.3) is 0 Å². The average Bonchev–Trinajstić information content (AvgIpc) is 2.58. The maximum Gasteiger partial charge on any atom is 0.0657 e. The first-order valence-electron chi connectivity index (χ1n) is 11.6. The predicted octanol–water partition coefficient (Wildman–Crippen LogP) is 3.69. The number of nitrogens with zero attached hydrogens (tertiary/aromatic N) is 1. The Kier molecular flexibility index (Phi) is 0.704. The lowest BCUT2D eigenvalue weighted by molar-refractivity contribution is 0.438. The average molecular weight is 270 g/mol. The van der Waals surface area contributed by atoms with Crippen LogP contribution in [0.4, 0.5) is 5.69 Å². The van der Waals surface area contributed by atoms with Crippen molar-refractivity contribution in [3.8, 4) is 0 Å². The lowest BCUT2D eigenvalue weighted by atomic mass is 9.99. The van der Waals surface area contributed by atoms with Gasteiger partial charge in [0.05, 0.1) is 5.48 Å². The molecule has 0 radical (unpaired) electrons. The van der Waals surface area contributed by atoms with Gasteiger partial charge in [-0.15, -0.1) is 0 Å². The predicted molar refractivity (Wildman–Crippen MR) is 64.8 cm³/mol. The molecule has 0 bridgehead atoms. The summed E-state index contributed by atoms with van der Waals surface area (Å²) in [4.78, 5) is -0.231. The van der Waals surface area contributed by atoms with Crippen LogP contribution >= 0.6 is 15.9 Å². The summed E-state index contributed by atoms with van der Waals surface area (Å²) in [5.74, 6) is -3.93. The lowest BCUT2D eigenvalue weighted by Crippen LogP contribution is -2.32. The molecular formula is C12H16BrN. The van der Waals surface area contributed by atoms with Crippen LogP contribution in [0.25, 0.3) is 0 Å². The van der Waals surface area contributed by atoms with E-state index in [9.17, 15) is 0 Å². The number of anilines is 1. The highest BCUT2D eigenvalue weighted by molar-refractivity contribution is 9.10. The molecule has 0 aromatic heterocycles. The highest BCUT2D eigenvalue weighted by Crippen LogP contribution is 2.25. The molecule has 1 aromatic carbocycles. The van der Waals surface area contributed by atoms with Crippen molar-refractivity contribution in [3.63, 3.8) is 0 Å². The first-order chi connectivity index (χ1) is 13.0. The van der Waals surface area contributed by atoms with Crippen LogP contribution in [0.2, 0.25) is 0 Å². The molecule has 76 valence electrons. The Morgan fingerprint density at radius 1 is 1.64 bits per heavy atom. The fraction of sp³-hybridized carbons (Fsp3) is 0.500. The van der Waals surface area contributed by atoms with Crippen molar-refractivity contribution in [2.45, 2.75) is 19.6 Å². The van der Waals surface area contributed by atoms with Gasteiger partial charge in [-0.2, -0.15) is 0 Å². The molecule has 0 spiro atoms. The lowest BCUT2D eigenvalue weighted by Gasteiger charge is -2.32. The van der Waals surface area contributed by atoms with E-state index in [2.05, 4.69) is 15.9 Å². The van der Waals surface area contributed by atoms with Gasteiger partial charge in [-0.1, -0.05) is 28.8 Å². The first-order valence-corrected chi connectivity index (χ1v) is 4.40. The van der Waals surface area contributed by atoms with Gasteiger partial charge < -0.3 is 4.90 Å². The Hall–Kier alpha value is -0.500. The second-order valence-corrected chi connectivity index (χ2v) is 3.14. The molecule has 1 aliphatic heterocycles.